The van der Waals surface area contributed by atoms with Crippen molar-refractivity contribution in [3.05, 3.63) is 46.2 Å². The quantitative estimate of drug-likeness (QED) is 0.880. The van der Waals surface area contributed by atoms with Crippen molar-refractivity contribution < 1.29 is 4.74 Å². The number of aryl methyl sites for hydroxylation is 1. The highest BCUT2D eigenvalue weighted by molar-refractivity contribution is 9.10. The van der Waals surface area contributed by atoms with E-state index in [1.807, 2.05) is 24.0 Å². The van der Waals surface area contributed by atoms with E-state index in [9.17, 15) is 0 Å². The summed E-state index contributed by atoms with van der Waals surface area (Å²) < 4.78 is 8.09. The summed E-state index contributed by atoms with van der Waals surface area (Å²) >= 11 is 3.53. The maximum absolute atomic E-state index is 5.26. The third-order valence-corrected chi connectivity index (χ3v) is 3.85. The molecule has 5 heteroatoms. The molecule has 108 valence electrons. The lowest BCUT2D eigenvalue weighted by Gasteiger charge is -2.17. The van der Waals surface area contributed by atoms with Crippen LogP contribution in [0.5, 0.6) is 5.75 Å². The molecule has 0 spiro atoms. The van der Waals surface area contributed by atoms with E-state index in [4.69, 9.17) is 4.74 Å². The van der Waals surface area contributed by atoms with Crippen LogP contribution < -0.4 is 10.1 Å². The van der Waals surface area contributed by atoms with Gasteiger partial charge in [0.1, 0.15) is 5.75 Å². The highest BCUT2D eigenvalue weighted by atomic mass is 79.9. The topological polar surface area (TPSA) is 39.1 Å². The molecule has 1 aromatic carbocycles. The smallest absolute Gasteiger partial charge is 0.133 e. The van der Waals surface area contributed by atoms with Crippen LogP contribution in [0.15, 0.2) is 35.1 Å². The molecule has 1 unspecified atom stereocenters. The van der Waals surface area contributed by atoms with Gasteiger partial charge in [0.15, 0.2) is 0 Å². The summed E-state index contributed by atoms with van der Waals surface area (Å²) in [6.45, 7) is 3.05. The number of methoxy groups -OCH3 is 1. The second kappa shape index (κ2) is 6.90. The van der Waals surface area contributed by atoms with E-state index in [1.54, 1.807) is 7.11 Å². The Hall–Kier alpha value is -1.33. The van der Waals surface area contributed by atoms with E-state index in [2.05, 4.69) is 51.6 Å². The summed E-state index contributed by atoms with van der Waals surface area (Å²) in [6.07, 6.45) is 4.90. The van der Waals surface area contributed by atoms with Gasteiger partial charge >= 0.3 is 0 Å². The molecule has 4 nitrogen and oxygen atoms in total. The number of hydrogen-bond donors (Lipinski definition) is 1. The normalized spacial score (nSPS) is 12.4. The summed E-state index contributed by atoms with van der Waals surface area (Å²) in [5, 5.41) is 7.76. The number of nitrogens with zero attached hydrogens (tertiary/aromatic N) is 2. The Morgan fingerprint density at radius 2 is 2.25 bits per heavy atom. The molecule has 0 saturated heterocycles. The Morgan fingerprint density at radius 3 is 2.80 bits per heavy atom. The van der Waals surface area contributed by atoms with Crippen LogP contribution in [0.1, 0.15) is 24.1 Å². The first-order valence-corrected chi connectivity index (χ1v) is 7.47. The number of likely N-dealkylation sites (N-methyl/N-ethyl adjacent to an activating group) is 1. The highest BCUT2D eigenvalue weighted by Crippen LogP contribution is 2.27. The molecule has 0 aliphatic rings. The number of benzene rings is 1. The fraction of sp³-hybridized carbons (Fsp3) is 0.400. The molecule has 0 fully saturated rings. The largest absolute Gasteiger partial charge is 0.496 e. The molecular formula is C15H20BrN3O. The van der Waals surface area contributed by atoms with Crippen molar-refractivity contribution in [2.75, 3.05) is 13.7 Å². The molecule has 1 atom stereocenters. The molecule has 0 radical (unpaired) electrons. The van der Waals surface area contributed by atoms with Gasteiger partial charge in [-0.15, -0.1) is 0 Å². The van der Waals surface area contributed by atoms with Gasteiger partial charge in [-0.25, -0.2) is 0 Å². The van der Waals surface area contributed by atoms with Crippen LogP contribution in [0.4, 0.5) is 0 Å². The molecule has 20 heavy (non-hydrogen) atoms. The molecule has 0 saturated carbocycles. The van der Waals surface area contributed by atoms with Crippen LogP contribution in [0.2, 0.25) is 0 Å². The van der Waals surface area contributed by atoms with Crippen molar-refractivity contribution in [3.8, 4) is 5.75 Å². The predicted octanol–water partition coefficient (Wildman–Crippen LogP) is 3.08. The average Bonchev–Trinajstić information content (AvgIpc) is 2.85. The Bertz CT molecular complexity index is 568. The molecule has 1 aromatic heterocycles. The van der Waals surface area contributed by atoms with Crippen molar-refractivity contribution >= 4 is 15.9 Å². The van der Waals surface area contributed by atoms with Crippen LogP contribution in [0.3, 0.4) is 0 Å². The number of aromatic nitrogens is 2. The molecule has 2 rings (SSSR count). The standard InChI is InChI=1S/C15H20BrN3O/c1-4-17-14(12-9-18-19(2)10-12)8-11-5-6-15(20-3)13(16)7-11/h5-7,9-10,14,17H,4,8H2,1-3H3. The molecule has 0 bridgehead atoms. The summed E-state index contributed by atoms with van der Waals surface area (Å²) in [5.41, 5.74) is 2.47. The van der Waals surface area contributed by atoms with Crippen molar-refractivity contribution in [2.45, 2.75) is 19.4 Å². The van der Waals surface area contributed by atoms with Crippen LogP contribution >= 0.6 is 15.9 Å². The van der Waals surface area contributed by atoms with Gasteiger partial charge in [0.05, 0.1) is 17.8 Å². The number of halogens is 1. The number of rotatable bonds is 6. The first-order chi connectivity index (χ1) is 9.63. The maximum Gasteiger partial charge on any atom is 0.133 e. The van der Waals surface area contributed by atoms with Crippen LogP contribution in [-0.2, 0) is 13.5 Å². The number of nitrogens with one attached hydrogen (secondary N) is 1. The van der Waals surface area contributed by atoms with Crippen LogP contribution in [0.25, 0.3) is 0 Å². The molecule has 2 aromatic rings. The summed E-state index contributed by atoms with van der Waals surface area (Å²) in [6, 6.07) is 6.48. The van der Waals surface area contributed by atoms with Crippen LogP contribution in [-0.4, -0.2) is 23.4 Å². The van der Waals surface area contributed by atoms with Crippen molar-refractivity contribution in [2.24, 2.45) is 7.05 Å². The lowest BCUT2D eigenvalue weighted by atomic mass is 10.0. The fourth-order valence-corrected chi connectivity index (χ4v) is 2.83. The van der Waals surface area contributed by atoms with E-state index < -0.39 is 0 Å². The third-order valence-electron chi connectivity index (χ3n) is 3.23. The molecule has 1 heterocycles. The zero-order chi connectivity index (χ0) is 14.5. The van der Waals surface area contributed by atoms with Crippen LogP contribution in [0, 0.1) is 0 Å². The summed E-state index contributed by atoms with van der Waals surface area (Å²) in [7, 11) is 3.62. The second-order valence-corrected chi connectivity index (χ2v) is 5.58. The zero-order valence-electron chi connectivity index (χ0n) is 12.1. The van der Waals surface area contributed by atoms with Gasteiger partial charge < -0.3 is 10.1 Å². The molecule has 0 amide bonds. The van der Waals surface area contributed by atoms with E-state index >= 15 is 0 Å². The molecular weight excluding hydrogens is 318 g/mol. The third kappa shape index (κ3) is 3.61. The van der Waals surface area contributed by atoms with Gasteiger partial charge in [-0.1, -0.05) is 13.0 Å². The minimum atomic E-state index is 0.272. The van der Waals surface area contributed by atoms with Crippen molar-refractivity contribution in [3.63, 3.8) is 0 Å². The van der Waals surface area contributed by atoms with Gasteiger partial charge in [0.2, 0.25) is 0 Å². The van der Waals surface area contributed by atoms with E-state index in [1.165, 1.54) is 11.1 Å². The predicted molar refractivity (Wildman–Crippen MR) is 84.0 cm³/mol. The Morgan fingerprint density at radius 1 is 1.45 bits per heavy atom. The van der Waals surface area contributed by atoms with Crippen molar-refractivity contribution in [1.82, 2.24) is 15.1 Å². The lowest BCUT2D eigenvalue weighted by Crippen LogP contribution is -2.22. The number of ether oxygens (including phenoxy) is 1. The summed E-state index contributed by atoms with van der Waals surface area (Å²) in [4.78, 5) is 0. The SMILES string of the molecule is CCNC(Cc1ccc(OC)c(Br)c1)c1cnn(C)c1. The zero-order valence-corrected chi connectivity index (χ0v) is 13.6. The molecule has 0 aliphatic carbocycles. The van der Waals surface area contributed by atoms with E-state index in [0.29, 0.717) is 0 Å². The van der Waals surface area contributed by atoms with Gasteiger partial charge in [-0.2, -0.15) is 5.10 Å². The fourth-order valence-electron chi connectivity index (χ4n) is 2.25. The molecule has 1 N–H and O–H groups in total. The Kier molecular flexibility index (Phi) is 5.20. The van der Waals surface area contributed by atoms with Gasteiger partial charge in [0, 0.05) is 24.8 Å². The second-order valence-electron chi connectivity index (χ2n) is 4.73. The van der Waals surface area contributed by atoms with Gasteiger partial charge in [-0.3, -0.25) is 4.68 Å². The number of hydrogen-bond acceptors (Lipinski definition) is 3. The monoisotopic (exact) mass is 337 g/mol. The lowest BCUT2D eigenvalue weighted by molar-refractivity contribution is 0.412. The van der Waals surface area contributed by atoms with E-state index in [-0.39, 0.29) is 6.04 Å². The first-order valence-electron chi connectivity index (χ1n) is 6.68. The maximum atomic E-state index is 5.26. The van der Waals surface area contributed by atoms with Gasteiger partial charge in [-0.05, 0) is 46.6 Å². The van der Waals surface area contributed by atoms with E-state index in [0.717, 1.165) is 23.2 Å². The molecule has 0 aliphatic heterocycles. The first kappa shape index (κ1) is 15.1. The Labute approximate surface area is 128 Å². The average molecular weight is 338 g/mol. The van der Waals surface area contributed by atoms with Crippen molar-refractivity contribution in [1.29, 1.82) is 0 Å². The van der Waals surface area contributed by atoms with Gasteiger partial charge in [0.25, 0.3) is 0 Å². The summed E-state index contributed by atoms with van der Waals surface area (Å²) in [5.74, 6) is 0.857. The Balaban J connectivity index is 2.17. The minimum Gasteiger partial charge on any atom is -0.496 e. The minimum absolute atomic E-state index is 0.272. The highest BCUT2D eigenvalue weighted by Gasteiger charge is 2.13.